The Labute approximate surface area is 116 Å². The maximum atomic E-state index is 5.98. The lowest BCUT2D eigenvalue weighted by atomic mass is 10.1. The molecule has 0 amide bonds. The van der Waals surface area contributed by atoms with Crippen LogP contribution in [0.5, 0.6) is 0 Å². The molecule has 1 atom stereocenters. The van der Waals surface area contributed by atoms with Crippen LogP contribution in [0.2, 0.25) is 0 Å². The number of pyridine rings is 1. The molecular formula is C16H23N3. The highest BCUT2D eigenvalue weighted by molar-refractivity contribution is 5.97. The van der Waals surface area contributed by atoms with Gasteiger partial charge in [-0.2, -0.15) is 0 Å². The third-order valence-corrected chi connectivity index (χ3v) is 2.83. The maximum absolute atomic E-state index is 5.98. The summed E-state index contributed by atoms with van der Waals surface area (Å²) in [4.78, 5) is 9.11. The van der Waals surface area contributed by atoms with Gasteiger partial charge in [-0.15, -0.1) is 0 Å². The predicted molar refractivity (Wildman–Crippen MR) is 82.1 cm³/mol. The van der Waals surface area contributed by atoms with Crippen LogP contribution < -0.4 is 5.73 Å². The number of allylic oxidation sites excluding steroid dienone is 4. The summed E-state index contributed by atoms with van der Waals surface area (Å²) in [7, 11) is 0. The van der Waals surface area contributed by atoms with E-state index in [-0.39, 0.29) is 6.04 Å². The SMILES string of the molecule is C/C=C\C=C(/N)C(C)=N[C@@H](CCC)c1ccccn1. The van der Waals surface area contributed by atoms with Gasteiger partial charge in [-0.1, -0.05) is 31.6 Å². The second-order valence-corrected chi connectivity index (χ2v) is 4.42. The minimum atomic E-state index is 0.0868. The Morgan fingerprint density at radius 3 is 2.84 bits per heavy atom. The molecule has 1 heterocycles. The topological polar surface area (TPSA) is 51.3 Å². The molecule has 0 saturated heterocycles. The molecule has 102 valence electrons. The van der Waals surface area contributed by atoms with E-state index in [1.165, 1.54) is 0 Å². The van der Waals surface area contributed by atoms with Crippen LogP contribution >= 0.6 is 0 Å². The number of nitrogens with zero attached hydrogens (tertiary/aromatic N) is 2. The fraction of sp³-hybridized carbons (Fsp3) is 0.375. The van der Waals surface area contributed by atoms with Gasteiger partial charge in [0.05, 0.1) is 23.1 Å². The summed E-state index contributed by atoms with van der Waals surface area (Å²) < 4.78 is 0. The van der Waals surface area contributed by atoms with E-state index in [1.54, 1.807) is 0 Å². The molecule has 0 spiro atoms. The lowest BCUT2D eigenvalue weighted by molar-refractivity contribution is 0.624. The summed E-state index contributed by atoms with van der Waals surface area (Å²) in [5, 5.41) is 0. The van der Waals surface area contributed by atoms with Gasteiger partial charge in [-0.25, -0.2) is 0 Å². The minimum Gasteiger partial charge on any atom is -0.397 e. The zero-order valence-corrected chi connectivity index (χ0v) is 12.0. The average molecular weight is 257 g/mol. The van der Waals surface area contributed by atoms with Gasteiger partial charge < -0.3 is 5.73 Å². The van der Waals surface area contributed by atoms with Crippen molar-refractivity contribution in [3.8, 4) is 0 Å². The van der Waals surface area contributed by atoms with Crippen LogP contribution in [0.3, 0.4) is 0 Å². The monoisotopic (exact) mass is 257 g/mol. The maximum Gasteiger partial charge on any atom is 0.0923 e. The molecule has 3 heteroatoms. The number of hydrogen-bond acceptors (Lipinski definition) is 3. The Hall–Kier alpha value is -1.90. The van der Waals surface area contributed by atoms with Crippen LogP contribution in [0.25, 0.3) is 0 Å². The van der Waals surface area contributed by atoms with Crippen molar-refractivity contribution < 1.29 is 0 Å². The van der Waals surface area contributed by atoms with E-state index in [2.05, 4.69) is 11.9 Å². The molecule has 0 aliphatic heterocycles. The lowest BCUT2D eigenvalue weighted by Crippen LogP contribution is -2.10. The second-order valence-electron chi connectivity index (χ2n) is 4.42. The van der Waals surface area contributed by atoms with Crippen molar-refractivity contribution in [3.63, 3.8) is 0 Å². The van der Waals surface area contributed by atoms with Crippen molar-refractivity contribution in [3.05, 3.63) is 54.0 Å². The molecular weight excluding hydrogens is 234 g/mol. The van der Waals surface area contributed by atoms with Crippen molar-refractivity contribution in [1.29, 1.82) is 0 Å². The van der Waals surface area contributed by atoms with Crippen molar-refractivity contribution in [2.75, 3.05) is 0 Å². The van der Waals surface area contributed by atoms with Crippen LogP contribution in [-0.4, -0.2) is 10.7 Å². The highest BCUT2D eigenvalue weighted by atomic mass is 14.9. The van der Waals surface area contributed by atoms with Gasteiger partial charge in [0.25, 0.3) is 0 Å². The Morgan fingerprint density at radius 1 is 1.47 bits per heavy atom. The number of hydrogen-bond donors (Lipinski definition) is 1. The van der Waals surface area contributed by atoms with Gasteiger partial charge >= 0.3 is 0 Å². The van der Waals surface area contributed by atoms with E-state index in [9.17, 15) is 0 Å². The fourth-order valence-corrected chi connectivity index (χ4v) is 1.75. The number of aromatic nitrogens is 1. The van der Waals surface area contributed by atoms with E-state index in [4.69, 9.17) is 10.7 Å². The molecule has 1 aromatic rings. The quantitative estimate of drug-likeness (QED) is 0.622. The van der Waals surface area contributed by atoms with Crippen LogP contribution in [0.4, 0.5) is 0 Å². The zero-order chi connectivity index (χ0) is 14.1. The van der Waals surface area contributed by atoms with Gasteiger partial charge in [-0.3, -0.25) is 9.98 Å². The van der Waals surface area contributed by atoms with Crippen molar-refractivity contribution in [2.45, 2.75) is 39.7 Å². The number of nitrogens with two attached hydrogens (primary N) is 1. The molecule has 0 aromatic carbocycles. The average Bonchev–Trinajstić information content (AvgIpc) is 2.45. The molecule has 0 bridgehead atoms. The molecule has 1 aromatic heterocycles. The fourth-order valence-electron chi connectivity index (χ4n) is 1.75. The summed E-state index contributed by atoms with van der Waals surface area (Å²) in [6.45, 7) is 6.06. The Morgan fingerprint density at radius 2 is 2.26 bits per heavy atom. The van der Waals surface area contributed by atoms with Crippen LogP contribution in [0, 0.1) is 0 Å². The van der Waals surface area contributed by atoms with Crippen molar-refractivity contribution in [1.82, 2.24) is 4.98 Å². The summed E-state index contributed by atoms with van der Waals surface area (Å²) in [5.41, 5.74) is 8.55. The molecule has 2 N–H and O–H groups in total. The third kappa shape index (κ3) is 5.08. The number of aliphatic imine (C=N–C) groups is 1. The van der Waals surface area contributed by atoms with E-state index in [1.807, 2.05) is 56.5 Å². The largest absolute Gasteiger partial charge is 0.397 e. The highest BCUT2D eigenvalue weighted by Crippen LogP contribution is 2.21. The second kappa shape index (κ2) is 8.25. The molecule has 0 fully saturated rings. The first-order valence-electron chi connectivity index (χ1n) is 6.73. The van der Waals surface area contributed by atoms with Crippen molar-refractivity contribution >= 4 is 5.71 Å². The van der Waals surface area contributed by atoms with E-state index < -0.39 is 0 Å². The van der Waals surface area contributed by atoms with Crippen molar-refractivity contribution in [2.24, 2.45) is 10.7 Å². The first-order chi connectivity index (χ1) is 9.19. The normalized spacial score (nSPS) is 14.9. The Kier molecular flexibility index (Phi) is 6.58. The summed E-state index contributed by atoms with van der Waals surface area (Å²) in [6.07, 6.45) is 9.59. The van der Waals surface area contributed by atoms with Gasteiger partial charge in [0.1, 0.15) is 0 Å². The molecule has 0 unspecified atom stereocenters. The first-order valence-corrected chi connectivity index (χ1v) is 6.73. The van der Waals surface area contributed by atoms with Gasteiger partial charge in [0.2, 0.25) is 0 Å². The summed E-state index contributed by atoms with van der Waals surface area (Å²) in [5.74, 6) is 0. The van der Waals surface area contributed by atoms with Gasteiger partial charge in [-0.05, 0) is 38.5 Å². The lowest BCUT2D eigenvalue weighted by Gasteiger charge is -2.12. The molecule has 3 nitrogen and oxygen atoms in total. The molecule has 0 aliphatic rings. The molecule has 0 aliphatic carbocycles. The Balaban J connectivity index is 2.95. The molecule has 1 rings (SSSR count). The first kappa shape index (κ1) is 15.2. The summed E-state index contributed by atoms with van der Waals surface area (Å²) >= 11 is 0. The third-order valence-electron chi connectivity index (χ3n) is 2.83. The summed E-state index contributed by atoms with van der Waals surface area (Å²) in [6, 6.07) is 6.02. The number of rotatable bonds is 6. The van der Waals surface area contributed by atoms with E-state index in [0.29, 0.717) is 5.70 Å². The highest BCUT2D eigenvalue weighted by Gasteiger charge is 2.10. The van der Waals surface area contributed by atoms with E-state index in [0.717, 1.165) is 24.2 Å². The molecule has 19 heavy (non-hydrogen) atoms. The minimum absolute atomic E-state index is 0.0868. The van der Waals surface area contributed by atoms with Gasteiger partial charge in [0.15, 0.2) is 0 Å². The van der Waals surface area contributed by atoms with Crippen LogP contribution in [0.15, 0.2) is 53.3 Å². The van der Waals surface area contributed by atoms with Gasteiger partial charge in [0, 0.05) is 6.20 Å². The zero-order valence-electron chi connectivity index (χ0n) is 12.0. The standard InChI is InChI=1S/C16H23N3/c1-4-6-10-14(17)13(3)19-16(9-5-2)15-11-7-8-12-18-15/h4,6-8,10-12,16H,5,9,17H2,1-3H3/b6-4-,14-10-,19-13?/t16-/m0/s1. The predicted octanol–water partition coefficient (Wildman–Crippen LogP) is 3.80. The van der Waals surface area contributed by atoms with Crippen LogP contribution in [-0.2, 0) is 0 Å². The Bertz CT molecular complexity index is 458. The van der Waals surface area contributed by atoms with Crippen LogP contribution in [0.1, 0.15) is 45.3 Å². The van der Waals surface area contributed by atoms with E-state index >= 15 is 0 Å². The molecule has 0 saturated carbocycles. The molecule has 0 radical (unpaired) electrons. The smallest absolute Gasteiger partial charge is 0.0923 e.